The molecule has 0 unspecified atom stereocenters. The monoisotopic (exact) mass is 309 g/mol. The van der Waals surface area contributed by atoms with E-state index in [-0.39, 0.29) is 12.4 Å². The number of ether oxygens (including phenoxy) is 3. The van der Waals surface area contributed by atoms with Crippen LogP contribution in [0.2, 0.25) is 0 Å². The second kappa shape index (κ2) is 7.88. The van der Waals surface area contributed by atoms with Gasteiger partial charge >= 0.3 is 0 Å². The molecule has 0 aliphatic carbocycles. The fraction of sp³-hybridized carbons (Fsp3) is 0.250. The van der Waals surface area contributed by atoms with Gasteiger partial charge in [-0.15, -0.1) is 12.4 Å². The molecular formula is C16H20ClNO3. The average Bonchev–Trinajstić information content (AvgIpc) is 2.54. The van der Waals surface area contributed by atoms with Crippen LogP contribution in [0.25, 0.3) is 0 Å². The molecule has 0 spiro atoms. The van der Waals surface area contributed by atoms with Crippen LogP contribution in [0.3, 0.4) is 0 Å². The zero-order valence-electron chi connectivity index (χ0n) is 12.3. The van der Waals surface area contributed by atoms with Crippen LogP contribution in [0.5, 0.6) is 5.75 Å². The minimum absolute atomic E-state index is 0. The summed E-state index contributed by atoms with van der Waals surface area (Å²) in [5.41, 5.74) is 1.67. The summed E-state index contributed by atoms with van der Waals surface area (Å²) in [6.45, 7) is 0. The van der Waals surface area contributed by atoms with Gasteiger partial charge in [0.15, 0.2) is 0 Å². The first-order valence-corrected chi connectivity index (χ1v) is 6.33. The van der Waals surface area contributed by atoms with Crippen molar-refractivity contribution in [3.8, 4) is 5.75 Å². The topological polar surface area (TPSA) is 39.7 Å². The van der Waals surface area contributed by atoms with Crippen molar-refractivity contribution in [2.75, 3.05) is 26.6 Å². The Morgan fingerprint density at radius 2 is 1.38 bits per heavy atom. The van der Waals surface area contributed by atoms with Crippen molar-refractivity contribution in [2.45, 2.75) is 5.91 Å². The third-order valence-corrected chi connectivity index (χ3v) is 3.12. The molecule has 0 saturated heterocycles. The molecule has 114 valence electrons. The van der Waals surface area contributed by atoms with Crippen molar-refractivity contribution >= 4 is 18.1 Å². The third kappa shape index (κ3) is 3.67. The van der Waals surface area contributed by atoms with E-state index in [1.807, 2.05) is 54.6 Å². The lowest BCUT2D eigenvalue weighted by atomic mass is 10.1. The number of para-hydroxylation sites is 2. The summed E-state index contributed by atoms with van der Waals surface area (Å²) in [6.07, 6.45) is 0. The number of benzene rings is 2. The van der Waals surface area contributed by atoms with E-state index in [0.29, 0.717) is 5.75 Å². The van der Waals surface area contributed by atoms with E-state index >= 15 is 0 Å². The predicted molar refractivity (Wildman–Crippen MR) is 86.0 cm³/mol. The van der Waals surface area contributed by atoms with E-state index in [9.17, 15) is 0 Å². The van der Waals surface area contributed by atoms with Gasteiger partial charge in [0.05, 0.1) is 12.7 Å². The van der Waals surface area contributed by atoms with Gasteiger partial charge in [-0.05, 0) is 24.3 Å². The fourth-order valence-corrected chi connectivity index (χ4v) is 2.10. The largest absolute Gasteiger partial charge is 0.496 e. The summed E-state index contributed by atoms with van der Waals surface area (Å²) >= 11 is 0. The molecule has 0 aliphatic heterocycles. The van der Waals surface area contributed by atoms with Crippen LogP contribution in [-0.4, -0.2) is 21.3 Å². The highest BCUT2D eigenvalue weighted by Crippen LogP contribution is 2.34. The molecule has 1 N–H and O–H groups in total. The van der Waals surface area contributed by atoms with Gasteiger partial charge in [0, 0.05) is 19.9 Å². The Labute approximate surface area is 131 Å². The Morgan fingerprint density at radius 1 is 0.810 bits per heavy atom. The van der Waals surface area contributed by atoms with Crippen LogP contribution < -0.4 is 10.1 Å². The maximum atomic E-state index is 5.61. The van der Waals surface area contributed by atoms with E-state index in [4.69, 9.17) is 14.2 Å². The van der Waals surface area contributed by atoms with Crippen LogP contribution in [-0.2, 0) is 15.4 Å². The Balaban J connectivity index is 0.00000220. The molecule has 0 saturated carbocycles. The molecule has 5 heteroatoms. The lowest BCUT2D eigenvalue weighted by Gasteiger charge is -2.33. The summed E-state index contributed by atoms with van der Waals surface area (Å²) < 4.78 is 16.6. The summed E-state index contributed by atoms with van der Waals surface area (Å²) in [5, 5.41) is 3.26. The van der Waals surface area contributed by atoms with Gasteiger partial charge in [-0.1, -0.05) is 30.3 Å². The molecule has 0 aliphatic rings. The van der Waals surface area contributed by atoms with Crippen molar-refractivity contribution in [1.29, 1.82) is 0 Å². The maximum absolute atomic E-state index is 5.61. The molecular weight excluding hydrogens is 290 g/mol. The summed E-state index contributed by atoms with van der Waals surface area (Å²) in [6, 6.07) is 17.3. The van der Waals surface area contributed by atoms with Gasteiger partial charge in [-0.3, -0.25) is 0 Å². The first-order chi connectivity index (χ1) is 9.75. The van der Waals surface area contributed by atoms with E-state index < -0.39 is 5.91 Å². The van der Waals surface area contributed by atoms with Crippen LogP contribution in [0.1, 0.15) is 5.56 Å². The normalized spacial score (nSPS) is 10.6. The fourth-order valence-electron chi connectivity index (χ4n) is 2.10. The number of methoxy groups -OCH3 is 3. The second-order valence-corrected chi connectivity index (χ2v) is 4.22. The zero-order chi connectivity index (χ0) is 14.4. The Kier molecular flexibility index (Phi) is 6.49. The highest BCUT2D eigenvalue weighted by atomic mass is 35.5. The molecule has 4 nitrogen and oxygen atoms in total. The number of hydrogen-bond donors (Lipinski definition) is 1. The van der Waals surface area contributed by atoms with Crippen LogP contribution in [0.4, 0.5) is 5.69 Å². The van der Waals surface area contributed by atoms with Gasteiger partial charge in [0.2, 0.25) is 0 Å². The molecule has 21 heavy (non-hydrogen) atoms. The first-order valence-electron chi connectivity index (χ1n) is 6.33. The molecule has 0 atom stereocenters. The number of rotatable bonds is 6. The summed E-state index contributed by atoms with van der Waals surface area (Å²) in [5.74, 6) is -0.409. The van der Waals surface area contributed by atoms with E-state index in [0.717, 1.165) is 11.3 Å². The molecule has 0 aromatic heterocycles. The number of halogens is 1. The number of nitrogens with one attached hydrogen (secondary N) is 1. The van der Waals surface area contributed by atoms with Gasteiger partial charge in [-0.2, -0.15) is 0 Å². The van der Waals surface area contributed by atoms with E-state index in [2.05, 4.69) is 5.32 Å². The Hall–Kier alpha value is -1.75. The average molecular weight is 310 g/mol. The highest BCUT2D eigenvalue weighted by Gasteiger charge is 2.35. The molecule has 0 radical (unpaired) electrons. The quantitative estimate of drug-likeness (QED) is 0.827. The highest BCUT2D eigenvalue weighted by molar-refractivity contribution is 5.85. The van der Waals surface area contributed by atoms with Gasteiger partial charge < -0.3 is 19.5 Å². The third-order valence-electron chi connectivity index (χ3n) is 3.12. The van der Waals surface area contributed by atoms with E-state index in [1.165, 1.54) is 0 Å². The zero-order valence-corrected chi connectivity index (χ0v) is 13.1. The van der Waals surface area contributed by atoms with Crippen molar-refractivity contribution in [1.82, 2.24) is 0 Å². The minimum atomic E-state index is -1.10. The number of hydrogen-bond acceptors (Lipinski definition) is 4. The molecule has 0 heterocycles. The minimum Gasteiger partial charge on any atom is -0.496 e. The van der Waals surface area contributed by atoms with Crippen molar-refractivity contribution in [3.63, 3.8) is 0 Å². The Morgan fingerprint density at radius 3 is 1.95 bits per heavy atom. The molecule has 0 bridgehead atoms. The first kappa shape index (κ1) is 17.3. The van der Waals surface area contributed by atoms with Crippen LogP contribution in [0, 0.1) is 0 Å². The van der Waals surface area contributed by atoms with Crippen molar-refractivity contribution in [2.24, 2.45) is 0 Å². The van der Waals surface area contributed by atoms with Gasteiger partial charge in [-0.25, -0.2) is 0 Å². The molecule has 0 amide bonds. The summed E-state index contributed by atoms with van der Waals surface area (Å²) in [4.78, 5) is 0. The van der Waals surface area contributed by atoms with Gasteiger partial charge in [0.25, 0.3) is 5.91 Å². The molecule has 2 aromatic rings. The van der Waals surface area contributed by atoms with Crippen LogP contribution >= 0.6 is 12.4 Å². The lowest BCUT2D eigenvalue weighted by molar-refractivity contribution is -0.194. The van der Waals surface area contributed by atoms with Crippen molar-refractivity contribution < 1.29 is 14.2 Å². The summed E-state index contributed by atoms with van der Waals surface area (Å²) in [7, 11) is 4.80. The van der Waals surface area contributed by atoms with Crippen molar-refractivity contribution in [3.05, 3.63) is 60.2 Å². The molecule has 2 rings (SSSR count). The smallest absolute Gasteiger partial charge is 0.280 e. The van der Waals surface area contributed by atoms with E-state index in [1.54, 1.807) is 21.3 Å². The lowest BCUT2D eigenvalue weighted by Crippen LogP contribution is -2.39. The van der Waals surface area contributed by atoms with Gasteiger partial charge in [0.1, 0.15) is 5.75 Å². The second-order valence-electron chi connectivity index (χ2n) is 4.22. The Bertz CT molecular complexity index is 544. The standard InChI is InChI=1S/C16H19NO3.ClH/c1-18-15-12-8-7-11-14(15)16(19-2,20-3)17-13-9-5-4-6-10-13;/h4-12,17H,1-3H3;1H. The molecule has 2 aromatic carbocycles. The SMILES string of the molecule is COc1ccccc1C(Nc1ccccc1)(OC)OC.Cl. The number of anilines is 1. The molecule has 0 fully saturated rings. The maximum Gasteiger partial charge on any atom is 0.280 e. The van der Waals surface area contributed by atoms with Crippen LogP contribution in [0.15, 0.2) is 54.6 Å². The predicted octanol–water partition coefficient (Wildman–Crippen LogP) is 3.63.